The van der Waals surface area contributed by atoms with Crippen molar-refractivity contribution in [3.8, 4) is 0 Å². The van der Waals surface area contributed by atoms with Crippen LogP contribution >= 0.6 is 0 Å². The first kappa shape index (κ1) is 22.6. The number of benzene rings is 1. The van der Waals surface area contributed by atoms with E-state index in [0.29, 0.717) is 37.5 Å². The Hall–Kier alpha value is -3.10. The maximum Gasteiger partial charge on any atom is 0.338 e. The summed E-state index contributed by atoms with van der Waals surface area (Å²) in [6.07, 6.45) is 1.62. The van der Waals surface area contributed by atoms with Crippen LogP contribution in [0.5, 0.6) is 0 Å². The number of carbonyl (C=O) groups excluding carboxylic acids is 2. The number of furan rings is 1. The first-order valence-corrected chi connectivity index (χ1v) is 10.3. The number of esters is 1. The number of amides is 2. The molecule has 1 aliphatic rings. The van der Waals surface area contributed by atoms with Crippen molar-refractivity contribution in [1.82, 2.24) is 15.5 Å². The van der Waals surface area contributed by atoms with E-state index in [4.69, 9.17) is 13.9 Å². The van der Waals surface area contributed by atoms with E-state index in [9.17, 15) is 9.59 Å². The van der Waals surface area contributed by atoms with Crippen LogP contribution in [-0.4, -0.2) is 50.3 Å². The Morgan fingerprint density at radius 2 is 1.97 bits per heavy atom. The van der Waals surface area contributed by atoms with Gasteiger partial charge < -0.3 is 24.5 Å². The van der Waals surface area contributed by atoms with E-state index in [1.807, 2.05) is 43.3 Å². The topological polar surface area (TPSA) is 93.0 Å². The summed E-state index contributed by atoms with van der Waals surface area (Å²) in [6.45, 7) is 5.91. The molecular formula is C23H29N3O5. The Labute approximate surface area is 182 Å². The number of carbonyl (C=O) groups is 2. The van der Waals surface area contributed by atoms with Gasteiger partial charge in [-0.1, -0.05) is 29.8 Å². The molecule has 0 saturated heterocycles. The number of ether oxygens (including phenoxy) is 2. The predicted octanol–water partition coefficient (Wildman–Crippen LogP) is 2.91. The van der Waals surface area contributed by atoms with Crippen LogP contribution in [0.15, 0.2) is 58.3 Å². The third-order valence-electron chi connectivity index (χ3n) is 5.01. The van der Waals surface area contributed by atoms with Crippen molar-refractivity contribution >= 4 is 12.0 Å². The Morgan fingerprint density at radius 1 is 1.19 bits per heavy atom. The quantitative estimate of drug-likeness (QED) is 0.567. The first-order valence-electron chi connectivity index (χ1n) is 10.3. The molecule has 0 saturated carbocycles. The molecule has 1 atom stereocenters. The third kappa shape index (κ3) is 5.96. The smallest absolute Gasteiger partial charge is 0.338 e. The van der Waals surface area contributed by atoms with Gasteiger partial charge in [0.05, 0.1) is 37.6 Å². The standard InChI is InChI=1S/C23H29N3O5/c1-4-30-22(27)20-19(15-26(11-13-29-3)14-18-6-5-12-31-18)24-23(28)25-21(20)17-9-7-16(2)8-10-17/h5-10,12,21H,4,11,13-15H2,1-3H3,(H2,24,25,28). The van der Waals surface area contributed by atoms with Gasteiger partial charge in [0, 0.05) is 25.9 Å². The molecule has 8 heteroatoms. The molecule has 2 N–H and O–H groups in total. The van der Waals surface area contributed by atoms with Gasteiger partial charge in [-0.05, 0) is 31.5 Å². The van der Waals surface area contributed by atoms with Crippen molar-refractivity contribution in [3.63, 3.8) is 0 Å². The van der Waals surface area contributed by atoms with E-state index in [2.05, 4.69) is 15.5 Å². The van der Waals surface area contributed by atoms with Crippen LogP contribution in [0.1, 0.15) is 29.9 Å². The molecule has 8 nitrogen and oxygen atoms in total. The fourth-order valence-corrected chi connectivity index (χ4v) is 3.48. The fourth-order valence-electron chi connectivity index (χ4n) is 3.48. The molecule has 0 bridgehead atoms. The zero-order valence-corrected chi connectivity index (χ0v) is 18.1. The molecule has 2 heterocycles. The number of hydrogen-bond donors (Lipinski definition) is 2. The second kappa shape index (κ2) is 10.8. The Balaban J connectivity index is 1.97. The Bertz CT molecular complexity index is 906. The van der Waals surface area contributed by atoms with Crippen molar-refractivity contribution in [1.29, 1.82) is 0 Å². The van der Waals surface area contributed by atoms with Crippen LogP contribution in [0, 0.1) is 6.92 Å². The highest BCUT2D eigenvalue weighted by Crippen LogP contribution is 2.28. The van der Waals surface area contributed by atoms with Crippen LogP contribution in [0.4, 0.5) is 4.79 Å². The molecule has 0 spiro atoms. The summed E-state index contributed by atoms with van der Waals surface area (Å²) < 4.78 is 16.1. The van der Waals surface area contributed by atoms with Crippen molar-refractivity contribution in [3.05, 3.63) is 70.8 Å². The van der Waals surface area contributed by atoms with E-state index in [-0.39, 0.29) is 12.6 Å². The lowest BCUT2D eigenvalue weighted by Gasteiger charge is -2.32. The molecule has 2 amide bonds. The van der Waals surface area contributed by atoms with E-state index >= 15 is 0 Å². The summed E-state index contributed by atoms with van der Waals surface area (Å²) in [7, 11) is 1.63. The van der Waals surface area contributed by atoms with Crippen molar-refractivity contribution < 1.29 is 23.5 Å². The number of rotatable bonds is 10. The summed E-state index contributed by atoms with van der Waals surface area (Å²) >= 11 is 0. The summed E-state index contributed by atoms with van der Waals surface area (Å²) in [5.74, 6) is 0.324. The van der Waals surface area contributed by atoms with Crippen molar-refractivity contribution in [2.75, 3.05) is 33.4 Å². The fraction of sp³-hybridized carbons (Fsp3) is 0.391. The molecule has 0 fully saturated rings. The number of methoxy groups -OCH3 is 1. The van der Waals surface area contributed by atoms with Gasteiger partial charge in [0.2, 0.25) is 0 Å². The van der Waals surface area contributed by atoms with Gasteiger partial charge in [0.15, 0.2) is 0 Å². The van der Waals surface area contributed by atoms with Crippen LogP contribution in [0.25, 0.3) is 0 Å². The molecule has 166 valence electrons. The number of nitrogens with one attached hydrogen (secondary N) is 2. The van der Waals surface area contributed by atoms with Gasteiger partial charge in [-0.15, -0.1) is 0 Å². The summed E-state index contributed by atoms with van der Waals surface area (Å²) in [6, 6.07) is 10.5. The van der Waals surface area contributed by atoms with Gasteiger partial charge >= 0.3 is 12.0 Å². The second-order valence-electron chi connectivity index (χ2n) is 7.34. The predicted molar refractivity (Wildman–Crippen MR) is 115 cm³/mol. The number of urea groups is 1. The Kier molecular flexibility index (Phi) is 7.86. The first-order chi connectivity index (χ1) is 15.0. The van der Waals surface area contributed by atoms with E-state index in [0.717, 1.165) is 16.9 Å². The van der Waals surface area contributed by atoms with Crippen molar-refractivity contribution in [2.45, 2.75) is 26.4 Å². The average molecular weight is 428 g/mol. The highest BCUT2D eigenvalue weighted by Gasteiger charge is 2.34. The number of nitrogens with zero attached hydrogens (tertiary/aromatic N) is 1. The van der Waals surface area contributed by atoms with E-state index in [1.54, 1.807) is 20.3 Å². The van der Waals surface area contributed by atoms with Gasteiger partial charge in [-0.25, -0.2) is 9.59 Å². The molecule has 2 aromatic rings. The largest absolute Gasteiger partial charge is 0.468 e. The average Bonchev–Trinajstić information content (AvgIpc) is 3.25. The zero-order chi connectivity index (χ0) is 22.2. The summed E-state index contributed by atoms with van der Waals surface area (Å²) in [5.41, 5.74) is 2.81. The number of aryl methyl sites for hydroxylation is 1. The lowest BCUT2D eigenvalue weighted by Crippen LogP contribution is -2.48. The molecule has 1 aliphatic heterocycles. The van der Waals surface area contributed by atoms with Gasteiger partial charge in [0.1, 0.15) is 5.76 Å². The molecule has 1 aromatic carbocycles. The molecular weight excluding hydrogens is 398 g/mol. The lowest BCUT2D eigenvalue weighted by atomic mass is 9.94. The Morgan fingerprint density at radius 3 is 2.61 bits per heavy atom. The highest BCUT2D eigenvalue weighted by molar-refractivity contribution is 5.95. The molecule has 1 unspecified atom stereocenters. The van der Waals surface area contributed by atoms with Crippen LogP contribution in [-0.2, 0) is 20.8 Å². The second-order valence-corrected chi connectivity index (χ2v) is 7.34. The van der Waals surface area contributed by atoms with Crippen LogP contribution < -0.4 is 10.6 Å². The monoisotopic (exact) mass is 427 g/mol. The highest BCUT2D eigenvalue weighted by atomic mass is 16.5. The number of hydrogen-bond acceptors (Lipinski definition) is 6. The molecule has 0 aliphatic carbocycles. The van der Waals surface area contributed by atoms with E-state index in [1.165, 1.54) is 0 Å². The van der Waals surface area contributed by atoms with E-state index < -0.39 is 12.0 Å². The molecule has 31 heavy (non-hydrogen) atoms. The minimum absolute atomic E-state index is 0.240. The van der Waals surface area contributed by atoms with Crippen LogP contribution in [0.2, 0.25) is 0 Å². The molecule has 0 radical (unpaired) electrons. The summed E-state index contributed by atoms with van der Waals surface area (Å²) in [4.78, 5) is 27.5. The summed E-state index contributed by atoms with van der Waals surface area (Å²) in [5, 5.41) is 5.68. The molecule has 1 aromatic heterocycles. The van der Waals surface area contributed by atoms with Gasteiger partial charge in [-0.2, -0.15) is 0 Å². The SMILES string of the molecule is CCOC(=O)C1=C(CN(CCOC)Cc2ccco2)NC(=O)NC1c1ccc(C)cc1. The minimum Gasteiger partial charge on any atom is -0.468 e. The lowest BCUT2D eigenvalue weighted by molar-refractivity contribution is -0.139. The van der Waals surface area contributed by atoms with Gasteiger partial charge in [-0.3, -0.25) is 4.90 Å². The van der Waals surface area contributed by atoms with Crippen molar-refractivity contribution in [2.24, 2.45) is 0 Å². The minimum atomic E-state index is -0.601. The van der Waals surface area contributed by atoms with Gasteiger partial charge in [0.25, 0.3) is 0 Å². The third-order valence-corrected chi connectivity index (χ3v) is 5.01. The normalized spacial score (nSPS) is 16.3. The molecule has 3 rings (SSSR count). The maximum absolute atomic E-state index is 12.9. The zero-order valence-electron chi connectivity index (χ0n) is 18.1. The van der Waals surface area contributed by atoms with Crippen LogP contribution in [0.3, 0.4) is 0 Å². The maximum atomic E-state index is 12.9.